The average Bonchev–Trinajstić information content (AvgIpc) is 3.29. The van der Waals surface area contributed by atoms with Crippen LogP contribution in [-0.4, -0.2) is 66.8 Å². The number of alkyl halides is 3. The first kappa shape index (κ1) is 23.7. The highest BCUT2D eigenvalue weighted by Gasteiger charge is 2.33. The van der Waals surface area contributed by atoms with Gasteiger partial charge in [-0.2, -0.15) is 13.2 Å². The van der Waals surface area contributed by atoms with Gasteiger partial charge in [-0.05, 0) is 23.6 Å². The van der Waals surface area contributed by atoms with Gasteiger partial charge in [-0.25, -0.2) is 0 Å². The van der Waals surface area contributed by atoms with Crippen LogP contribution in [0.15, 0.2) is 41.8 Å². The summed E-state index contributed by atoms with van der Waals surface area (Å²) in [5, 5.41) is 6.84. The molecule has 7 nitrogen and oxygen atoms in total. The molecule has 1 aromatic heterocycles. The molecule has 0 bridgehead atoms. The summed E-state index contributed by atoms with van der Waals surface area (Å²) in [6, 6.07) is 8.32. The summed E-state index contributed by atoms with van der Waals surface area (Å²) in [5.74, 6) is -0.854. The number of nitrogens with one attached hydrogen (secondary N) is 2. The quantitative estimate of drug-likeness (QED) is 0.655. The summed E-state index contributed by atoms with van der Waals surface area (Å²) < 4.78 is 39.2. The Balaban J connectivity index is 1.39. The molecule has 11 heteroatoms. The number of nitrogens with zero attached hydrogens (tertiary/aromatic N) is 2. The molecule has 1 fully saturated rings. The molecular formula is C21H23F3N4O3S. The molecule has 2 aromatic rings. The van der Waals surface area contributed by atoms with Crippen molar-refractivity contribution >= 4 is 34.7 Å². The van der Waals surface area contributed by atoms with Crippen molar-refractivity contribution in [2.75, 3.05) is 44.6 Å². The van der Waals surface area contributed by atoms with E-state index in [1.165, 1.54) is 29.5 Å². The Labute approximate surface area is 187 Å². The highest BCUT2D eigenvalue weighted by atomic mass is 32.1. The van der Waals surface area contributed by atoms with Gasteiger partial charge in [0.1, 0.15) is 0 Å². The van der Waals surface area contributed by atoms with E-state index < -0.39 is 17.6 Å². The lowest BCUT2D eigenvalue weighted by Crippen LogP contribution is -2.50. The minimum Gasteiger partial charge on any atom is -0.351 e. The third-order valence-electron chi connectivity index (χ3n) is 4.97. The van der Waals surface area contributed by atoms with Crippen molar-refractivity contribution < 1.29 is 27.6 Å². The summed E-state index contributed by atoms with van der Waals surface area (Å²) in [6.07, 6.45) is -4.38. The number of carbonyl (C=O) groups is 3. The minimum atomic E-state index is -4.56. The van der Waals surface area contributed by atoms with Crippen LogP contribution in [0.4, 0.5) is 18.9 Å². The van der Waals surface area contributed by atoms with E-state index in [2.05, 4.69) is 10.6 Å². The van der Waals surface area contributed by atoms with E-state index >= 15 is 0 Å². The van der Waals surface area contributed by atoms with Crippen LogP contribution in [0.3, 0.4) is 0 Å². The van der Waals surface area contributed by atoms with E-state index in [4.69, 9.17) is 0 Å². The Kier molecular flexibility index (Phi) is 7.86. The number of amides is 3. The maximum Gasteiger partial charge on any atom is 0.418 e. The molecule has 1 aromatic carbocycles. The van der Waals surface area contributed by atoms with E-state index in [1.807, 2.05) is 0 Å². The number of thiophene rings is 1. The van der Waals surface area contributed by atoms with Crippen LogP contribution in [0.2, 0.25) is 0 Å². The van der Waals surface area contributed by atoms with Gasteiger partial charge < -0.3 is 15.5 Å². The van der Waals surface area contributed by atoms with E-state index in [1.54, 1.807) is 27.3 Å². The van der Waals surface area contributed by atoms with E-state index in [-0.39, 0.29) is 37.0 Å². The Bertz CT molecular complexity index is 942. The third-order valence-corrected chi connectivity index (χ3v) is 5.84. The summed E-state index contributed by atoms with van der Waals surface area (Å²) >= 11 is 1.32. The SMILES string of the molecule is O=C(CN1CCN(C(=O)CCNC(=O)c2cccs2)CC1)Nc1ccccc1C(F)(F)F. The standard InChI is InChI=1S/C21H23F3N4O3S/c22-21(23,24)15-4-1-2-5-16(15)26-18(29)14-27-9-11-28(12-10-27)19(30)7-8-25-20(31)17-6-3-13-32-17/h1-6,13H,7-12,14H2,(H,25,31)(H,26,29). The van der Waals surface area contributed by atoms with Crippen LogP contribution in [0.5, 0.6) is 0 Å². The van der Waals surface area contributed by atoms with Crippen LogP contribution in [0.1, 0.15) is 21.7 Å². The van der Waals surface area contributed by atoms with Gasteiger partial charge in [-0.15, -0.1) is 11.3 Å². The first-order valence-corrected chi connectivity index (χ1v) is 10.9. The number of benzene rings is 1. The molecular weight excluding hydrogens is 445 g/mol. The van der Waals surface area contributed by atoms with Crippen molar-refractivity contribution in [3.63, 3.8) is 0 Å². The van der Waals surface area contributed by atoms with Gasteiger partial charge in [0, 0.05) is 39.1 Å². The van der Waals surface area contributed by atoms with Crippen molar-refractivity contribution in [2.45, 2.75) is 12.6 Å². The van der Waals surface area contributed by atoms with Gasteiger partial charge in [-0.1, -0.05) is 18.2 Å². The monoisotopic (exact) mass is 468 g/mol. The number of halogens is 3. The van der Waals surface area contributed by atoms with E-state index in [0.717, 1.165) is 6.07 Å². The van der Waals surface area contributed by atoms with Crippen LogP contribution in [0.25, 0.3) is 0 Å². The second kappa shape index (κ2) is 10.6. The van der Waals surface area contributed by atoms with Crippen molar-refractivity contribution in [1.82, 2.24) is 15.1 Å². The number of hydrogen-bond donors (Lipinski definition) is 2. The molecule has 0 spiro atoms. The molecule has 0 radical (unpaired) electrons. The predicted octanol–water partition coefficient (Wildman–Crippen LogP) is 2.67. The Morgan fingerprint density at radius 1 is 1.00 bits per heavy atom. The molecule has 172 valence electrons. The number of anilines is 1. The Morgan fingerprint density at radius 3 is 2.38 bits per heavy atom. The minimum absolute atomic E-state index is 0.0644. The summed E-state index contributed by atoms with van der Waals surface area (Å²) in [4.78, 5) is 40.5. The van der Waals surface area contributed by atoms with Gasteiger partial charge in [0.25, 0.3) is 5.91 Å². The summed E-state index contributed by atoms with van der Waals surface area (Å²) in [6.45, 7) is 1.85. The number of carbonyl (C=O) groups excluding carboxylic acids is 3. The second-order valence-corrected chi connectivity index (χ2v) is 8.18. The van der Waals surface area contributed by atoms with E-state index in [0.29, 0.717) is 31.1 Å². The molecule has 1 saturated heterocycles. The summed E-state index contributed by atoms with van der Waals surface area (Å²) in [5.41, 5.74) is -1.17. The van der Waals surface area contributed by atoms with Crippen LogP contribution < -0.4 is 10.6 Å². The molecule has 0 unspecified atom stereocenters. The fourth-order valence-electron chi connectivity index (χ4n) is 3.32. The number of hydrogen-bond acceptors (Lipinski definition) is 5. The highest BCUT2D eigenvalue weighted by Crippen LogP contribution is 2.34. The van der Waals surface area contributed by atoms with Gasteiger partial charge >= 0.3 is 6.18 Å². The lowest BCUT2D eigenvalue weighted by Gasteiger charge is -2.34. The topological polar surface area (TPSA) is 81.8 Å². The molecule has 1 aliphatic rings. The predicted molar refractivity (Wildman–Crippen MR) is 114 cm³/mol. The molecule has 3 rings (SSSR count). The van der Waals surface area contributed by atoms with Crippen molar-refractivity contribution in [3.05, 3.63) is 52.2 Å². The number of piperazine rings is 1. The zero-order valence-corrected chi connectivity index (χ0v) is 18.0. The molecule has 0 saturated carbocycles. The normalized spacial score (nSPS) is 14.8. The van der Waals surface area contributed by atoms with Crippen LogP contribution >= 0.6 is 11.3 Å². The van der Waals surface area contributed by atoms with Gasteiger partial charge in [0.2, 0.25) is 11.8 Å². The van der Waals surface area contributed by atoms with Gasteiger partial charge in [-0.3, -0.25) is 19.3 Å². The third kappa shape index (κ3) is 6.54. The molecule has 3 amide bonds. The van der Waals surface area contributed by atoms with Crippen molar-refractivity contribution in [2.24, 2.45) is 0 Å². The molecule has 2 heterocycles. The molecule has 1 aliphatic heterocycles. The number of rotatable bonds is 7. The summed E-state index contributed by atoms with van der Waals surface area (Å²) in [7, 11) is 0. The second-order valence-electron chi connectivity index (χ2n) is 7.23. The maximum atomic E-state index is 13.1. The zero-order chi connectivity index (χ0) is 23.1. The first-order chi connectivity index (χ1) is 15.2. The average molecular weight is 469 g/mol. The van der Waals surface area contributed by atoms with Crippen molar-refractivity contribution in [1.29, 1.82) is 0 Å². The first-order valence-electron chi connectivity index (χ1n) is 10.0. The Morgan fingerprint density at radius 2 is 1.72 bits per heavy atom. The smallest absolute Gasteiger partial charge is 0.351 e. The van der Waals surface area contributed by atoms with Crippen LogP contribution in [0, 0.1) is 0 Å². The van der Waals surface area contributed by atoms with Gasteiger partial charge in [0.15, 0.2) is 0 Å². The lowest BCUT2D eigenvalue weighted by molar-refractivity contribution is -0.137. The lowest BCUT2D eigenvalue weighted by atomic mass is 10.1. The molecule has 0 aliphatic carbocycles. The number of para-hydroxylation sites is 1. The highest BCUT2D eigenvalue weighted by molar-refractivity contribution is 7.12. The largest absolute Gasteiger partial charge is 0.418 e. The van der Waals surface area contributed by atoms with Crippen LogP contribution in [-0.2, 0) is 15.8 Å². The fraction of sp³-hybridized carbons (Fsp3) is 0.381. The molecule has 0 atom stereocenters. The Hall–Kier alpha value is -2.92. The fourth-order valence-corrected chi connectivity index (χ4v) is 3.96. The van der Waals surface area contributed by atoms with Crippen molar-refractivity contribution in [3.8, 4) is 0 Å². The zero-order valence-electron chi connectivity index (χ0n) is 17.2. The van der Waals surface area contributed by atoms with Gasteiger partial charge in [0.05, 0.1) is 22.7 Å². The molecule has 32 heavy (non-hydrogen) atoms. The maximum absolute atomic E-state index is 13.1. The molecule has 2 N–H and O–H groups in total. The van der Waals surface area contributed by atoms with E-state index in [9.17, 15) is 27.6 Å².